The molecule has 1 amide bonds. The van der Waals surface area contributed by atoms with Crippen molar-refractivity contribution < 1.29 is 4.79 Å². The van der Waals surface area contributed by atoms with Crippen LogP contribution < -0.4 is 10.6 Å². The topological polar surface area (TPSA) is 90.7 Å². The number of fused-ring (bicyclic) bond motifs is 1. The standard InChI is InChI=1S/C27H25N5O/c1-17-8-11-22-24(12-17)29-16-30-25(22)32-23-14-21(10-9-18(23)2)31-26(33)19-6-5-7-20(13-19)27(3,4)15-28/h5-14,16H,1-4H3,(H,31,33)(H,29,30,32). The highest BCUT2D eigenvalue weighted by Gasteiger charge is 2.21. The summed E-state index contributed by atoms with van der Waals surface area (Å²) in [6.07, 6.45) is 1.54. The van der Waals surface area contributed by atoms with E-state index in [1.165, 1.54) is 0 Å². The number of hydrogen-bond donors (Lipinski definition) is 2. The molecule has 0 saturated heterocycles. The van der Waals surface area contributed by atoms with Crippen LogP contribution in [0.25, 0.3) is 10.9 Å². The molecule has 164 valence electrons. The predicted octanol–water partition coefficient (Wildman–Crippen LogP) is 6.04. The number of aromatic nitrogens is 2. The fourth-order valence-corrected chi connectivity index (χ4v) is 3.55. The van der Waals surface area contributed by atoms with E-state index in [1.54, 1.807) is 24.5 Å². The molecule has 33 heavy (non-hydrogen) atoms. The molecular formula is C27H25N5O. The Labute approximate surface area is 193 Å². The number of benzene rings is 3. The van der Waals surface area contributed by atoms with Crippen molar-refractivity contribution in [2.45, 2.75) is 33.1 Å². The lowest BCUT2D eigenvalue weighted by Gasteiger charge is -2.17. The Hall–Kier alpha value is -4.24. The van der Waals surface area contributed by atoms with Crippen LogP contribution in [0.3, 0.4) is 0 Å². The van der Waals surface area contributed by atoms with E-state index < -0.39 is 5.41 Å². The van der Waals surface area contributed by atoms with Gasteiger partial charge in [0.15, 0.2) is 0 Å². The summed E-state index contributed by atoms with van der Waals surface area (Å²) >= 11 is 0. The van der Waals surface area contributed by atoms with Gasteiger partial charge in [-0.1, -0.05) is 24.3 Å². The molecule has 0 fully saturated rings. The maximum absolute atomic E-state index is 12.9. The maximum Gasteiger partial charge on any atom is 0.255 e. The zero-order valence-electron chi connectivity index (χ0n) is 19.1. The number of hydrogen-bond acceptors (Lipinski definition) is 5. The third-order valence-corrected chi connectivity index (χ3v) is 5.67. The first-order valence-electron chi connectivity index (χ1n) is 10.7. The lowest BCUT2D eigenvalue weighted by molar-refractivity contribution is 0.102. The molecule has 6 heteroatoms. The second kappa shape index (κ2) is 8.71. The maximum atomic E-state index is 12.9. The number of rotatable bonds is 5. The fourth-order valence-electron chi connectivity index (χ4n) is 3.55. The van der Waals surface area contributed by atoms with Crippen molar-refractivity contribution in [3.05, 3.63) is 89.2 Å². The highest BCUT2D eigenvalue weighted by Crippen LogP contribution is 2.28. The van der Waals surface area contributed by atoms with Crippen LogP contribution in [0, 0.1) is 25.2 Å². The molecule has 6 nitrogen and oxygen atoms in total. The van der Waals surface area contributed by atoms with Gasteiger partial charge in [-0.25, -0.2) is 9.97 Å². The Morgan fingerprint density at radius 1 is 1.00 bits per heavy atom. The quantitative estimate of drug-likeness (QED) is 0.399. The molecule has 0 unspecified atom stereocenters. The average molecular weight is 436 g/mol. The Balaban J connectivity index is 1.59. The number of carbonyl (C=O) groups excluding carboxylic acids is 1. The van der Waals surface area contributed by atoms with Crippen LogP contribution in [-0.2, 0) is 5.41 Å². The highest BCUT2D eigenvalue weighted by atomic mass is 16.1. The third kappa shape index (κ3) is 4.68. The van der Waals surface area contributed by atoms with E-state index in [-0.39, 0.29) is 5.91 Å². The first kappa shape index (κ1) is 22.0. The van der Waals surface area contributed by atoms with Crippen LogP contribution in [0.2, 0.25) is 0 Å². The van der Waals surface area contributed by atoms with Gasteiger partial charge in [0.05, 0.1) is 17.0 Å². The first-order chi connectivity index (χ1) is 15.8. The van der Waals surface area contributed by atoms with Gasteiger partial charge in [0, 0.05) is 22.3 Å². The molecule has 3 aromatic carbocycles. The van der Waals surface area contributed by atoms with E-state index in [0.29, 0.717) is 17.1 Å². The van der Waals surface area contributed by atoms with Gasteiger partial charge in [0.25, 0.3) is 5.91 Å². The molecule has 1 heterocycles. The van der Waals surface area contributed by atoms with Crippen LogP contribution in [0.4, 0.5) is 17.2 Å². The molecule has 0 aliphatic rings. The largest absolute Gasteiger partial charge is 0.339 e. The van der Waals surface area contributed by atoms with Crippen LogP contribution in [0.15, 0.2) is 67.0 Å². The molecule has 0 aliphatic heterocycles. The summed E-state index contributed by atoms with van der Waals surface area (Å²) in [4.78, 5) is 21.7. The minimum Gasteiger partial charge on any atom is -0.339 e. The summed E-state index contributed by atoms with van der Waals surface area (Å²) in [6.45, 7) is 7.69. The lowest BCUT2D eigenvalue weighted by atomic mass is 9.85. The second-order valence-electron chi connectivity index (χ2n) is 8.67. The van der Waals surface area contributed by atoms with E-state index in [9.17, 15) is 10.1 Å². The van der Waals surface area contributed by atoms with E-state index in [0.717, 1.165) is 33.3 Å². The molecule has 4 aromatic rings. The van der Waals surface area contributed by atoms with E-state index in [1.807, 2.05) is 70.2 Å². The monoisotopic (exact) mass is 435 g/mol. The summed E-state index contributed by atoms with van der Waals surface area (Å²) in [5.41, 5.74) is 5.16. The van der Waals surface area contributed by atoms with Crippen molar-refractivity contribution in [2.75, 3.05) is 10.6 Å². The molecule has 0 aliphatic carbocycles. The van der Waals surface area contributed by atoms with Gasteiger partial charge in [-0.3, -0.25) is 4.79 Å². The number of anilines is 3. The number of aryl methyl sites for hydroxylation is 2. The highest BCUT2D eigenvalue weighted by molar-refractivity contribution is 6.04. The Bertz CT molecular complexity index is 1400. The Morgan fingerprint density at radius 3 is 2.61 bits per heavy atom. The minimum absolute atomic E-state index is 0.233. The first-order valence-corrected chi connectivity index (χ1v) is 10.7. The van der Waals surface area contributed by atoms with Gasteiger partial charge in [0.1, 0.15) is 12.1 Å². The molecular weight excluding hydrogens is 410 g/mol. The average Bonchev–Trinajstić information content (AvgIpc) is 2.81. The molecule has 0 atom stereocenters. The number of nitrogens with one attached hydrogen (secondary N) is 2. The van der Waals surface area contributed by atoms with Gasteiger partial charge in [-0.15, -0.1) is 0 Å². The predicted molar refractivity (Wildman–Crippen MR) is 132 cm³/mol. The summed E-state index contributed by atoms with van der Waals surface area (Å²) < 4.78 is 0. The van der Waals surface area contributed by atoms with E-state index in [4.69, 9.17) is 0 Å². The van der Waals surface area contributed by atoms with Gasteiger partial charge in [-0.05, 0) is 80.8 Å². The molecule has 0 bridgehead atoms. The molecule has 4 rings (SSSR count). The van der Waals surface area contributed by atoms with Crippen LogP contribution >= 0.6 is 0 Å². The zero-order valence-corrected chi connectivity index (χ0v) is 19.1. The van der Waals surface area contributed by atoms with Crippen molar-refractivity contribution >= 4 is 34.0 Å². The summed E-state index contributed by atoms with van der Waals surface area (Å²) in [5, 5.41) is 16.7. The molecule has 0 radical (unpaired) electrons. The summed E-state index contributed by atoms with van der Waals surface area (Å²) in [5.74, 6) is 0.473. The summed E-state index contributed by atoms with van der Waals surface area (Å²) in [6, 6.07) is 21.2. The van der Waals surface area contributed by atoms with E-state index in [2.05, 4.69) is 26.7 Å². The molecule has 0 spiro atoms. The van der Waals surface area contributed by atoms with Crippen molar-refractivity contribution in [3.63, 3.8) is 0 Å². The summed E-state index contributed by atoms with van der Waals surface area (Å²) in [7, 11) is 0. The SMILES string of the molecule is Cc1ccc2c(Nc3cc(NC(=O)c4cccc(C(C)(C)C#N)c4)ccc3C)ncnc2c1. The Morgan fingerprint density at radius 2 is 1.82 bits per heavy atom. The fraction of sp³-hybridized carbons (Fsp3) is 0.185. The normalized spacial score (nSPS) is 11.1. The second-order valence-corrected chi connectivity index (χ2v) is 8.67. The number of amides is 1. The van der Waals surface area contributed by atoms with Crippen LogP contribution in [0.1, 0.15) is 40.9 Å². The van der Waals surface area contributed by atoms with Crippen molar-refractivity contribution in [1.29, 1.82) is 5.26 Å². The van der Waals surface area contributed by atoms with Gasteiger partial charge < -0.3 is 10.6 Å². The van der Waals surface area contributed by atoms with Crippen molar-refractivity contribution in [1.82, 2.24) is 9.97 Å². The molecule has 0 saturated carbocycles. The van der Waals surface area contributed by atoms with Gasteiger partial charge in [0.2, 0.25) is 0 Å². The van der Waals surface area contributed by atoms with Crippen molar-refractivity contribution in [2.24, 2.45) is 0 Å². The lowest BCUT2D eigenvalue weighted by Crippen LogP contribution is -2.17. The van der Waals surface area contributed by atoms with E-state index >= 15 is 0 Å². The number of nitrogens with zero attached hydrogens (tertiary/aromatic N) is 3. The number of nitriles is 1. The van der Waals surface area contributed by atoms with Gasteiger partial charge >= 0.3 is 0 Å². The molecule has 1 aromatic heterocycles. The van der Waals surface area contributed by atoms with Crippen LogP contribution in [0.5, 0.6) is 0 Å². The Kier molecular flexibility index (Phi) is 5.80. The smallest absolute Gasteiger partial charge is 0.255 e. The molecule has 2 N–H and O–H groups in total. The number of carbonyl (C=O) groups is 1. The van der Waals surface area contributed by atoms with Crippen molar-refractivity contribution in [3.8, 4) is 6.07 Å². The van der Waals surface area contributed by atoms with Gasteiger partial charge in [-0.2, -0.15) is 5.26 Å². The third-order valence-electron chi connectivity index (χ3n) is 5.67. The zero-order chi connectivity index (χ0) is 23.6. The minimum atomic E-state index is -0.671. The van der Waals surface area contributed by atoms with Crippen LogP contribution in [-0.4, -0.2) is 15.9 Å².